The fourth-order valence-electron chi connectivity index (χ4n) is 0.617. The Morgan fingerprint density at radius 2 is 2.07 bits per heavy atom. The van der Waals surface area contributed by atoms with Crippen molar-refractivity contribution in [1.29, 1.82) is 0 Å². The van der Waals surface area contributed by atoms with Gasteiger partial charge in [-0.05, 0) is 0 Å². The summed E-state index contributed by atoms with van der Waals surface area (Å²) >= 11 is 0. The molecule has 0 aliphatic carbocycles. The highest BCUT2D eigenvalue weighted by Gasteiger charge is 2.20. The van der Waals surface area contributed by atoms with Crippen LogP contribution in [-0.4, -0.2) is 50.1 Å². The van der Waals surface area contributed by atoms with Crippen molar-refractivity contribution in [2.24, 2.45) is 0 Å². The lowest BCUT2D eigenvalue weighted by Gasteiger charge is -2.28. The number of esters is 1. The molecule has 0 aromatic carbocycles. The maximum Gasteiger partial charge on any atom is 0.303 e. The van der Waals surface area contributed by atoms with Gasteiger partial charge in [-0.15, -0.1) is 0 Å². The summed E-state index contributed by atoms with van der Waals surface area (Å²) in [7, 11) is 3.83. The molecule has 0 saturated heterocycles. The highest BCUT2D eigenvalue weighted by molar-refractivity contribution is 5.68. The van der Waals surface area contributed by atoms with E-state index in [9.17, 15) is 14.7 Å². The van der Waals surface area contributed by atoms with Crippen LogP contribution in [0.1, 0.15) is 20.2 Å². The molecule has 0 aliphatic heterocycles. The van der Waals surface area contributed by atoms with Gasteiger partial charge in [-0.3, -0.25) is 4.79 Å². The van der Waals surface area contributed by atoms with Crippen LogP contribution < -0.4 is 5.11 Å². The van der Waals surface area contributed by atoms with E-state index in [4.69, 9.17) is 6.85 Å². The Balaban J connectivity index is 6.10. The molecule has 0 saturated carbocycles. The number of hydrogen-bond donors (Lipinski definition) is 0. The first-order valence-electron chi connectivity index (χ1n) is 6.34. The standard InChI is InChI=1S/C9H17NO4/c1-7(11)14-8(5-9(12)13)6-10(2,3)4/h8H,5-6H2,1-4H3/t8-/m1/s1/i5D2,6D2,8D. The third-order valence-corrected chi connectivity index (χ3v) is 0.898. The highest BCUT2D eigenvalue weighted by atomic mass is 16.5. The van der Waals surface area contributed by atoms with Gasteiger partial charge in [0.2, 0.25) is 0 Å². The van der Waals surface area contributed by atoms with Crippen LogP contribution in [0.2, 0.25) is 0 Å². The van der Waals surface area contributed by atoms with Crippen LogP contribution in [0.3, 0.4) is 0 Å². The average Bonchev–Trinajstić information content (AvgIpc) is 2.13. The fourth-order valence-corrected chi connectivity index (χ4v) is 0.617. The van der Waals surface area contributed by atoms with Crippen molar-refractivity contribution in [2.75, 3.05) is 27.6 Å². The maximum atomic E-state index is 11.0. The molecule has 0 rings (SSSR count). The predicted molar refractivity (Wildman–Crippen MR) is 48.1 cm³/mol. The maximum absolute atomic E-state index is 11.0. The van der Waals surface area contributed by atoms with E-state index in [0.29, 0.717) is 0 Å². The molecular weight excluding hydrogens is 186 g/mol. The van der Waals surface area contributed by atoms with Crippen LogP contribution in [0.25, 0.3) is 0 Å². The first kappa shape index (κ1) is 6.40. The van der Waals surface area contributed by atoms with Gasteiger partial charge in [0.15, 0.2) is 6.08 Å². The second-order valence-corrected chi connectivity index (χ2v) is 3.46. The van der Waals surface area contributed by atoms with E-state index in [1.807, 2.05) is 0 Å². The largest absolute Gasteiger partial charge is 0.550 e. The number of rotatable bonds is 5. The quantitative estimate of drug-likeness (QED) is 0.419. The first-order chi connectivity index (χ1) is 8.11. The summed E-state index contributed by atoms with van der Waals surface area (Å²) in [4.78, 5) is 21.9. The van der Waals surface area contributed by atoms with Crippen molar-refractivity contribution in [3.63, 3.8) is 0 Å². The van der Waals surface area contributed by atoms with E-state index in [2.05, 4.69) is 4.74 Å². The molecule has 5 heteroatoms. The smallest absolute Gasteiger partial charge is 0.303 e. The summed E-state index contributed by atoms with van der Waals surface area (Å²) in [5, 5.41) is 10.9. The Kier molecular flexibility index (Phi) is 2.26. The molecule has 0 aliphatic rings. The van der Waals surface area contributed by atoms with Gasteiger partial charge in [0, 0.05) is 22.0 Å². The SMILES string of the molecule is [2H]C([2H])(C(=O)[O-])[C@@]([2H])(OC(C)=O)C([2H])([2H])[N+](C)(C)C. The van der Waals surface area contributed by atoms with Crippen molar-refractivity contribution in [3.8, 4) is 0 Å². The normalized spacial score (nSPS) is 23.0. The Morgan fingerprint density at radius 3 is 2.36 bits per heavy atom. The zero-order valence-corrected chi connectivity index (χ0v) is 8.58. The number of quaternary nitrogens is 1. The lowest BCUT2D eigenvalue weighted by molar-refractivity contribution is -0.873. The van der Waals surface area contributed by atoms with E-state index in [-0.39, 0.29) is 0 Å². The van der Waals surface area contributed by atoms with Crippen LogP contribution >= 0.6 is 0 Å². The summed E-state index contributed by atoms with van der Waals surface area (Å²) < 4.78 is 41.9. The molecule has 0 unspecified atom stereocenters. The van der Waals surface area contributed by atoms with Crippen molar-refractivity contribution in [1.82, 2.24) is 0 Å². The number of nitrogens with zero attached hydrogens (tertiary/aromatic N) is 1. The Hall–Kier alpha value is -1.10. The second kappa shape index (κ2) is 4.95. The van der Waals surface area contributed by atoms with E-state index in [1.54, 1.807) is 0 Å². The molecule has 5 nitrogen and oxygen atoms in total. The highest BCUT2D eigenvalue weighted by Crippen LogP contribution is 2.04. The summed E-state index contributed by atoms with van der Waals surface area (Å²) in [6.45, 7) is -2.01. The summed E-state index contributed by atoms with van der Waals surface area (Å²) in [6.07, 6.45) is -6.84. The third-order valence-electron chi connectivity index (χ3n) is 0.898. The van der Waals surface area contributed by atoms with Gasteiger partial charge in [0.05, 0.1) is 25.3 Å². The lowest BCUT2D eigenvalue weighted by Crippen LogP contribution is -2.45. The number of aliphatic carboxylic acids is 1. The van der Waals surface area contributed by atoms with Crippen LogP contribution in [0.15, 0.2) is 0 Å². The number of hydrogen-bond acceptors (Lipinski definition) is 4. The molecule has 1 atom stereocenters. The first-order valence-corrected chi connectivity index (χ1v) is 3.84. The van der Waals surface area contributed by atoms with Crippen molar-refractivity contribution < 1.29 is 30.8 Å². The summed E-state index contributed by atoms with van der Waals surface area (Å²) in [5.41, 5.74) is 0. The molecule has 0 amide bonds. The molecular formula is C9H17NO4. The van der Waals surface area contributed by atoms with Gasteiger partial charge in [0.25, 0.3) is 0 Å². The molecule has 0 aromatic heterocycles. The van der Waals surface area contributed by atoms with Gasteiger partial charge >= 0.3 is 5.97 Å². The minimum atomic E-state index is -3.53. The molecule has 14 heavy (non-hydrogen) atoms. The van der Waals surface area contributed by atoms with E-state index in [1.165, 1.54) is 21.1 Å². The van der Waals surface area contributed by atoms with Crippen molar-refractivity contribution in [2.45, 2.75) is 19.4 Å². The average molecular weight is 208 g/mol. The van der Waals surface area contributed by atoms with Crippen LogP contribution in [0.4, 0.5) is 0 Å². The van der Waals surface area contributed by atoms with Gasteiger partial charge < -0.3 is 19.1 Å². The summed E-state index contributed by atoms with van der Waals surface area (Å²) in [5.74, 6) is -3.50. The topological polar surface area (TPSA) is 66.4 Å². The lowest BCUT2D eigenvalue weighted by atomic mass is 10.2. The van der Waals surface area contributed by atoms with Crippen LogP contribution in [-0.2, 0) is 14.3 Å². The molecule has 0 fully saturated rings. The molecule has 0 heterocycles. The van der Waals surface area contributed by atoms with Crippen LogP contribution in [0, 0.1) is 0 Å². The molecule has 82 valence electrons. The molecule has 0 radical (unpaired) electrons. The van der Waals surface area contributed by atoms with Crippen LogP contribution in [0.5, 0.6) is 0 Å². The second-order valence-electron chi connectivity index (χ2n) is 3.46. The van der Waals surface area contributed by atoms with E-state index in [0.717, 1.165) is 6.92 Å². The Bertz CT molecular complexity index is 393. The summed E-state index contributed by atoms with van der Waals surface area (Å²) in [6, 6.07) is 0. The monoisotopic (exact) mass is 208 g/mol. The zero-order chi connectivity index (χ0) is 15.9. The number of carboxylic acid groups (broad SMARTS) is 1. The van der Waals surface area contributed by atoms with E-state index < -0.39 is 35.4 Å². The van der Waals surface area contributed by atoms with Gasteiger partial charge in [-0.25, -0.2) is 0 Å². The zero-order valence-electron chi connectivity index (χ0n) is 13.6. The number of likely N-dealkylation sites (N-methyl/N-ethyl adjacent to an activating group) is 1. The van der Waals surface area contributed by atoms with Crippen molar-refractivity contribution >= 4 is 11.9 Å². The Labute approximate surface area is 90.9 Å². The van der Waals surface area contributed by atoms with E-state index >= 15 is 0 Å². The van der Waals surface area contributed by atoms with Gasteiger partial charge in [-0.2, -0.15) is 0 Å². The molecule has 0 aromatic rings. The minimum absolute atomic E-state index is 0.656. The molecule has 0 bridgehead atoms. The number of carbonyl (C=O) groups excluding carboxylic acids is 2. The number of carboxylic acids is 1. The van der Waals surface area contributed by atoms with Crippen molar-refractivity contribution in [3.05, 3.63) is 0 Å². The molecule has 0 N–H and O–H groups in total. The minimum Gasteiger partial charge on any atom is -0.550 e. The molecule has 0 spiro atoms. The van der Waals surface area contributed by atoms with Gasteiger partial charge in [-0.1, -0.05) is 0 Å². The third kappa shape index (κ3) is 7.54. The predicted octanol–water partition coefficient (Wildman–Crippen LogP) is -1.24. The van der Waals surface area contributed by atoms with Gasteiger partial charge in [0.1, 0.15) is 6.50 Å². The number of ether oxygens (including phenoxy) is 1. The Morgan fingerprint density at radius 1 is 1.57 bits per heavy atom. The number of carbonyl (C=O) groups is 2. The fraction of sp³-hybridized carbons (Fsp3) is 0.778.